The maximum absolute atomic E-state index is 9.08. The van der Waals surface area contributed by atoms with Crippen LogP contribution in [0.15, 0.2) is 30.5 Å². The molecule has 0 unspecified atom stereocenters. The average molecular weight is 339 g/mol. The third kappa shape index (κ3) is 3.41. The predicted molar refractivity (Wildman–Crippen MR) is 96.5 cm³/mol. The highest BCUT2D eigenvalue weighted by atomic mass is 32.2. The molecule has 3 aromatic rings. The SMILES string of the molecule is Cn1ncc2c(N)nc(NCCSCc3ccccc3C#N)nc21. The molecule has 2 heterocycles. The Morgan fingerprint density at radius 2 is 2.17 bits per heavy atom. The number of aryl methyl sites for hydroxylation is 1. The largest absolute Gasteiger partial charge is 0.383 e. The summed E-state index contributed by atoms with van der Waals surface area (Å²) in [5.74, 6) is 2.59. The van der Waals surface area contributed by atoms with Crippen molar-refractivity contribution in [3.05, 3.63) is 41.6 Å². The first-order chi connectivity index (χ1) is 11.7. The summed E-state index contributed by atoms with van der Waals surface area (Å²) in [5, 5.41) is 17.1. The summed E-state index contributed by atoms with van der Waals surface area (Å²) in [6, 6.07) is 9.88. The Hall–Kier alpha value is -2.79. The summed E-state index contributed by atoms with van der Waals surface area (Å²) in [7, 11) is 1.82. The number of hydrogen-bond donors (Lipinski definition) is 2. The lowest BCUT2D eigenvalue weighted by molar-refractivity contribution is 0.785. The average Bonchev–Trinajstić information content (AvgIpc) is 2.97. The minimum Gasteiger partial charge on any atom is -0.383 e. The summed E-state index contributed by atoms with van der Waals surface area (Å²) in [4.78, 5) is 8.67. The number of nitrogen functional groups attached to an aromatic ring is 1. The first-order valence-corrected chi connectivity index (χ1v) is 8.59. The number of nitrogens with one attached hydrogen (secondary N) is 1. The van der Waals surface area contributed by atoms with E-state index >= 15 is 0 Å². The smallest absolute Gasteiger partial charge is 0.226 e. The molecular formula is C16H17N7S. The molecule has 0 amide bonds. The van der Waals surface area contributed by atoms with Gasteiger partial charge in [0, 0.05) is 25.1 Å². The van der Waals surface area contributed by atoms with Crippen LogP contribution in [0.1, 0.15) is 11.1 Å². The van der Waals surface area contributed by atoms with Crippen LogP contribution in [0.3, 0.4) is 0 Å². The summed E-state index contributed by atoms with van der Waals surface area (Å²) < 4.78 is 1.67. The van der Waals surface area contributed by atoms with Crippen molar-refractivity contribution >= 4 is 34.6 Å². The summed E-state index contributed by atoms with van der Waals surface area (Å²) in [6.07, 6.45) is 1.66. The van der Waals surface area contributed by atoms with Gasteiger partial charge in [0.25, 0.3) is 0 Å². The highest BCUT2D eigenvalue weighted by Gasteiger charge is 2.08. The van der Waals surface area contributed by atoms with Gasteiger partial charge < -0.3 is 11.1 Å². The molecule has 0 atom stereocenters. The molecule has 122 valence electrons. The topological polar surface area (TPSA) is 105 Å². The van der Waals surface area contributed by atoms with E-state index in [4.69, 9.17) is 11.0 Å². The molecule has 3 rings (SSSR count). The van der Waals surface area contributed by atoms with Gasteiger partial charge in [0.05, 0.1) is 23.2 Å². The Morgan fingerprint density at radius 1 is 1.33 bits per heavy atom. The van der Waals surface area contributed by atoms with E-state index in [-0.39, 0.29) is 0 Å². The number of nitriles is 1. The van der Waals surface area contributed by atoms with Crippen LogP contribution in [0, 0.1) is 11.3 Å². The van der Waals surface area contributed by atoms with Gasteiger partial charge in [-0.1, -0.05) is 18.2 Å². The van der Waals surface area contributed by atoms with Gasteiger partial charge in [-0.15, -0.1) is 0 Å². The van der Waals surface area contributed by atoms with Gasteiger partial charge in [-0.3, -0.25) is 4.68 Å². The van der Waals surface area contributed by atoms with Crippen molar-refractivity contribution < 1.29 is 0 Å². The van der Waals surface area contributed by atoms with E-state index in [2.05, 4.69) is 26.5 Å². The monoisotopic (exact) mass is 339 g/mol. The first-order valence-electron chi connectivity index (χ1n) is 7.44. The van der Waals surface area contributed by atoms with Crippen molar-refractivity contribution in [3.8, 4) is 6.07 Å². The molecule has 0 saturated heterocycles. The van der Waals surface area contributed by atoms with Gasteiger partial charge in [0.1, 0.15) is 5.82 Å². The van der Waals surface area contributed by atoms with Crippen LogP contribution in [-0.2, 0) is 12.8 Å². The third-order valence-corrected chi connectivity index (χ3v) is 4.55. The van der Waals surface area contributed by atoms with Gasteiger partial charge in [-0.25, -0.2) is 0 Å². The fraction of sp³-hybridized carbons (Fsp3) is 0.250. The molecule has 0 radical (unpaired) electrons. The quantitative estimate of drug-likeness (QED) is 0.663. The zero-order valence-electron chi connectivity index (χ0n) is 13.2. The van der Waals surface area contributed by atoms with E-state index in [0.717, 1.165) is 28.0 Å². The van der Waals surface area contributed by atoms with Crippen LogP contribution in [-0.4, -0.2) is 32.0 Å². The first kappa shape index (κ1) is 16.1. The molecule has 0 fully saturated rings. The number of nitrogens with two attached hydrogens (primary N) is 1. The van der Waals surface area contributed by atoms with Gasteiger partial charge >= 0.3 is 0 Å². The number of thioether (sulfide) groups is 1. The molecule has 2 aromatic heterocycles. The molecule has 3 N–H and O–H groups in total. The molecule has 0 aliphatic heterocycles. The number of hydrogen-bond acceptors (Lipinski definition) is 7. The fourth-order valence-electron chi connectivity index (χ4n) is 2.30. The van der Waals surface area contributed by atoms with Crippen molar-refractivity contribution in [2.75, 3.05) is 23.3 Å². The number of aromatic nitrogens is 4. The van der Waals surface area contributed by atoms with Crippen LogP contribution in [0.5, 0.6) is 0 Å². The van der Waals surface area contributed by atoms with Crippen molar-refractivity contribution in [1.29, 1.82) is 5.26 Å². The Balaban J connectivity index is 1.54. The summed E-state index contributed by atoms with van der Waals surface area (Å²) in [5.41, 5.74) is 8.43. The van der Waals surface area contributed by atoms with Crippen LogP contribution in [0.4, 0.5) is 11.8 Å². The predicted octanol–water partition coefficient (Wildman–Crippen LogP) is 2.16. The molecule has 0 spiro atoms. The van der Waals surface area contributed by atoms with E-state index in [1.807, 2.05) is 31.3 Å². The third-order valence-electron chi connectivity index (χ3n) is 3.55. The fourth-order valence-corrected chi connectivity index (χ4v) is 3.16. The Kier molecular flexibility index (Phi) is 4.82. The number of rotatable bonds is 6. The molecule has 7 nitrogen and oxygen atoms in total. The zero-order valence-corrected chi connectivity index (χ0v) is 14.0. The molecule has 0 aliphatic rings. The van der Waals surface area contributed by atoms with Gasteiger partial charge in [-0.2, -0.15) is 32.1 Å². The second-order valence-corrected chi connectivity index (χ2v) is 6.29. The van der Waals surface area contributed by atoms with E-state index < -0.39 is 0 Å². The maximum Gasteiger partial charge on any atom is 0.226 e. The molecule has 0 aliphatic carbocycles. The van der Waals surface area contributed by atoms with Crippen molar-refractivity contribution in [2.45, 2.75) is 5.75 Å². The van der Waals surface area contributed by atoms with Crippen molar-refractivity contribution in [2.24, 2.45) is 7.05 Å². The number of anilines is 2. The molecule has 0 saturated carbocycles. The lowest BCUT2D eigenvalue weighted by Crippen LogP contribution is -2.09. The van der Waals surface area contributed by atoms with Crippen LogP contribution in [0.25, 0.3) is 11.0 Å². The van der Waals surface area contributed by atoms with Crippen LogP contribution in [0.2, 0.25) is 0 Å². The molecular weight excluding hydrogens is 322 g/mol. The highest BCUT2D eigenvalue weighted by Crippen LogP contribution is 2.19. The van der Waals surface area contributed by atoms with E-state index in [0.29, 0.717) is 24.0 Å². The Bertz CT molecular complexity index is 897. The number of benzene rings is 1. The Morgan fingerprint density at radius 3 is 3.00 bits per heavy atom. The standard InChI is InChI=1S/C16H17N7S/c1-23-15-13(9-20-23)14(18)21-16(22-15)19-6-7-24-10-12-5-3-2-4-11(12)8-17/h2-5,9H,6-7,10H2,1H3,(H3,18,19,21,22). The summed E-state index contributed by atoms with van der Waals surface area (Å²) >= 11 is 1.75. The summed E-state index contributed by atoms with van der Waals surface area (Å²) in [6.45, 7) is 0.711. The minimum absolute atomic E-state index is 0.422. The minimum atomic E-state index is 0.422. The molecule has 8 heteroatoms. The second kappa shape index (κ2) is 7.19. The van der Waals surface area contributed by atoms with Gasteiger partial charge in [0.15, 0.2) is 5.65 Å². The lowest BCUT2D eigenvalue weighted by Gasteiger charge is -2.07. The Labute approximate surface area is 143 Å². The van der Waals surface area contributed by atoms with E-state index in [9.17, 15) is 0 Å². The molecule has 1 aromatic carbocycles. The van der Waals surface area contributed by atoms with E-state index in [1.54, 1.807) is 22.6 Å². The van der Waals surface area contributed by atoms with Crippen molar-refractivity contribution in [1.82, 2.24) is 19.7 Å². The zero-order chi connectivity index (χ0) is 16.9. The lowest BCUT2D eigenvalue weighted by atomic mass is 10.1. The highest BCUT2D eigenvalue weighted by molar-refractivity contribution is 7.98. The van der Waals surface area contributed by atoms with Crippen LogP contribution < -0.4 is 11.1 Å². The van der Waals surface area contributed by atoms with Crippen LogP contribution >= 0.6 is 11.8 Å². The molecule has 0 bridgehead atoms. The van der Waals surface area contributed by atoms with Crippen molar-refractivity contribution in [3.63, 3.8) is 0 Å². The van der Waals surface area contributed by atoms with E-state index in [1.165, 1.54) is 0 Å². The van der Waals surface area contributed by atoms with Gasteiger partial charge in [-0.05, 0) is 11.6 Å². The maximum atomic E-state index is 9.08. The number of nitrogens with zero attached hydrogens (tertiary/aromatic N) is 5. The molecule has 24 heavy (non-hydrogen) atoms. The normalized spacial score (nSPS) is 10.7. The second-order valence-electron chi connectivity index (χ2n) is 5.19. The van der Waals surface area contributed by atoms with Gasteiger partial charge in [0.2, 0.25) is 5.95 Å². The number of fused-ring (bicyclic) bond motifs is 1.